The first-order valence-corrected chi connectivity index (χ1v) is 19.0. The second-order valence-electron chi connectivity index (χ2n) is 11.3. The van der Waals surface area contributed by atoms with Gasteiger partial charge in [0, 0.05) is 33.0 Å². The Labute approximate surface area is 329 Å². The van der Waals surface area contributed by atoms with Crippen molar-refractivity contribution in [3.05, 3.63) is 155 Å². The maximum Gasteiger partial charge on any atom is 0.369 e. The van der Waals surface area contributed by atoms with E-state index in [2.05, 4.69) is 71.5 Å². The highest BCUT2D eigenvalue weighted by Gasteiger charge is 2.18. The van der Waals surface area contributed by atoms with E-state index in [1.54, 1.807) is 43.5 Å². The Bertz CT molecular complexity index is 2550. The van der Waals surface area contributed by atoms with E-state index < -0.39 is 11.6 Å². The number of fused-ring (bicyclic) bond motifs is 6. The van der Waals surface area contributed by atoms with Crippen molar-refractivity contribution in [2.24, 2.45) is 0 Å². The Hall–Kier alpha value is -3.66. The monoisotopic (exact) mass is 906 g/mol. The van der Waals surface area contributed by atoms with E-state index in [0.29, 0.717) is 28.0 Å². The topological polar surface area (TPSA) is 29.5 Å². The molecule has 254 valence electrons. The highest BCUT2D eigenvalue weighted by atomic mass is 79.9. The van der Waals surface area contributed by atoms with Crippen molar-refractivity contribution in [3.8, 4) is 33.8 Å². The van der Waals surface area contributed by atoms with E-state index >= 15 is 0 Å². The minimum absolute atomic E-state index is 0.0416. The average molecular weight is 910 g/mol. The molecule has 0 spiro atoms. The molecule has 10 heteroatoms. The van der Waals surface area contributed by atoms with Crippen LogP contribution in [0, 0.1) is 11.6 Å². The number of hydrogen-bond acceptors (Lipinski definition) is 2. The second kappa shape index (κ2) is 16.3. The number of phenolic OH excluding ortho intramolecular Hbond substituents is 1. The maximum absolute atomic E-state index is 14.5. The van der Waals surface area contributed by atoms with Gasteiger partial charge < -0.3 is 9.84 Å². The maximum atomic E-state index is 14.5. The van der Waals surface area contributed by atoms with Crippen LogP contribution < -0.4 is 4.74 Å². The van der Waals surface area contributed by atoms with E-state index in [0.717, 1.165) is 43.1 Å². The Balaban J connectivity index is 0.000000159. The number of benzene rings is 8. The average Bonchev–Trinajstić information content (AvgIpc) is 3.13. The van der Waals surface area contributed by atoms with Crippen LogP contribution in [0.3, 0.4) is 0 Å². The van der Waals surface area contributed by atoms with E-state index in [9.17, 15) is 13.9 Å². The lowest BCUT2D eigenvalue weighted by atomic mass is 9.95. The van der Waals surface area contributed by atoms with Crippen LogP contribution in [0.4, 0.5) is 8.78 Å². The van der Waals surface area contributed by atoms with Crippen LogP contribution in [-0.2, 0) is 0 Å². The number of ether oxygens (including phenoxy) is 1. The highest BCUT2D eigenvalue weighted by Crippen LogP contribution is 2.43. The van der Waals surface area contributed by atoms with Gasteiger partial charge in [0.25, 0.3) is 0 Å². The predicted octanol–water partition coefficient (Wildman–Crippen LogP) is 14.8. The molecule has 0 saturated heterocycles. The zero-order chi connectivity index (χ0) is 36.2. The molecule has 0 amide bonds. The smallest absolute Gasteiger partial charge is 0.369 e. The fourth-order valence-electron chi connectivity index (χ4n) is 6.21. The van der Waals surface area contributed by atoms with Gasteiger partial charge in [-0.05, 0) is 56.6 Å². The van der Waals surface area contributed by atoms with Gasteiger partial charge in [0.2, 0.25) is 0 Å². The van der Waals surface area contributed by atoms with Gasteiger partial charge in [0.05, 0.1) is 17.2 Å². The molecule has 0 saturated carbocycles. The van der Waals surface area contributed by atoms with Crippen LogP contribution >= 0.6 is 70.5 Å². The zero-order valence-corrected chi connectivity index (χ0v) is 33.1. The Morgan fingerprint density at radius 3 is 1.45 bits per heavy atom. The van der Waals surface area contributed by atoms with Gasteiger partial charge in [-0.1, -0.05) is 132 Å². The first kappa shape index (κ1) is 37.1. The van der Waals surface area contributed by atoms with E-state index in [-0.39, 0.29) is 19.0 Å². The number of phenols is 1. The molecule has 8 rings (SSSR count). The number of halogens is 7. The summed E-state index contributed by atoms with van der Waals surface area (Å²) in [5.74, 6) is -0.230. The van der Waals surface area contributed by atoms with Crippen molar-refractivity contribution in [3.63, 3.8) is 0 Å². The number of rotatable bonds is 3. The summed E-state index contributed by atoms with van der Waals surface area (Å²) in [5, 5.41) is 18.8. The normalized spacial score (nSPS) is 10.8. The van der Waals surface area contributed by atoms with Gasteiger partial charge in [-0.3, -0.25) is 0 Å². The second-order valence-corrected chi connectivity index (χ2v) is 18.6. The van der Waals surface area contributed by atoms with Crippen LogP contribution in [0.2, 0.25) is 10.0 Å². The minimum atomic E-state index is -0.524. The highest BCUT2D eigenvalue weighted by molar-refractivity contribution is 9.69. The van der Waals surface area contributed by atoms with Crippen molar-refractivity contribution in [2.45, 2.75) is 0 Å². The van der Waals surface area contributed by atoms with Gasteiger partial charge in [-0.15, -0.1) is 47.3 Å². The Morgan fingerprint density at radius 1 is 0.510 bits per heavy atom. The summed E-state index contributed by atoms with van der Waals surface area (Å²) in [6.07, 6.45) is 0. The third kappa shape index (κ3) is 7.76. The summed E-state index contributed by atoms with van der Waals surface area (Å²) in [5.41, 5.74) is 1.87. The molecular weight excluding hydrogens is 884 g/mol. The third-order valence-corrected chi connectivity index (χ3v) is 9.02. The number of aromatic hydroxyl groups is 1. The summed E-state index contributed by atoms with van der Waals surface area (Å²) < 4.78 is 34.8. The van der Waals surface area contributed by atoms with Gasteiger partial charge >= 0.3 is 3.18 Å². The molecule has 8 aromatic rings. The van der Waals surface area contributed by atoms with Gasteiger partial charge in [-0.2, -0.15) is 0 Å². The first-order valence-electron chi connectivity index (χ1n) is 15.5. The van der Waals surface area contributed by atoms with Crippen LogP contribution in [0.15, 0.2) is 133 Å². The largest absolute Gasteiger partial charge is 0.507 e. The van der Waals surface area contributed by atoms with Crippen molar-refractivity contribution < 1.29 is 18.6 Å². The van der Waals surface area contributed by atoms with Crippen LogP contribution in [0.25, 0.3) is 65.3 Å². The Morgan fingerprint density at radius 2 is 0.922 bits per heavy atom. The molecule has 1 N–H and O–H groups in total. The lowest BCUT2D eigenvalue weighted by Gasteiger charge is -2.15. The van der Waals surface area contributed by atoms with Gasteiger partial charge in [0.15, 0.2) is 0 Å². The fourth-order valence-corrected chi connectivity index (χ4v) is 6.56. The minimum Gasteiger partial charge on any atom is -0.507 e. The molecule has 0 unspecified atom stereocenters. The van der Waals surface area contributed by atoms with Crippen LogP contribution in [0.1, 0.15) is 0 Å². The molecule has 0 bridgehead atoms. The molecule has 0 aliphatic carbocycles. The summed E-state index contributed by atoms with van der Waals surface area (Å²) in [7, 11) is 1.61. The molecule has 0 aliphatic rings. The third-order valence-electron chi connectivity index (χ3n) is 8.43. The lowest BCUT2D eigenvalue weighted by Crippen LogP contribution is -1.93. The number of methoxy groups -OCH3 is 1. The first-order chi connectivity index (χ1) is 24.6. The Kier molecular flexibility index (Phi) is 11.9. The molecule has 51 heavy (non-hydrogen) atoms. The predicted molar refractivity (Wildman–Crippen MR) is 224 cm³/mol. The molecule has 0 aromatic heterocycles. The molecule has 2 nitrogen and oxygen atoms in total. The van der Waals surface area contributed by atoms with Crippen LogP contribution in [0.5, 0.6) is 11.5 Å². The van der Waals surface area contributed by atoms with E-state index in [4.69, 9.17) is 27.9 Å². The summed E-state index contributed by atoms with van der Waals surface area (Å²) in [6, 6.07) is 41.3. The standard InChI is InChI=1S/C21H14ClFO.C20H12ClFO.BBr3/c1-24-21-17(16-7-4-8-18(22)20(16)23)12-11-14-10-9-13-5-2-3-6-15(13)19(14)21;21-17-7-3-6-15(19(17)22)16-11-10-13-9-8-12-4-1-2-5-14(12)18(13)20(16)23;2-1(3)4/h2-12H,1H3;1-11,23H;. The summed E-state index contributed by atoms with van der Waals surface area (Å²) >= 11 is 21.1. The summed E-state index contributed by atoms with van der Waals surface area (Å²) in [6.45, 7) is 0. The molecule has 0 fully saturated rings. The molecule has 0 atom stereocenters. The van der Waals surface area contributed by atoms with Gasteiger partial charge in [0.1, 0.15) is 23.1 Å². The number of hydrogen-bond donors (Lipinski definition) is 1. The van der Waals surface area contributed by atoms with E-state index in [1.165, 1.54) is 6.07 Å². The zero-order valence-electron chi connectivity index (χ0n) is 26.8. The fraction of sp³-hybridized carbons (Fsp3) is 0.0244. The molecule has 8 aromatic carbocycles. The molecule has 0 heterocycles. The molecular formula is C41H26BBr3Cl2F2O2. The van der Waals surface area contributed by atoms with E-state index in [1.807, 2.05) is 66.7 Å². The SMILES string of the molecule is BrB(Br)Br.COc1c(-c2cccc(Cl)c2F)ccc2ccc3ccccc3c12.Oc1c(-c2cccc(Cl)c2F)ccc2ccc3ccccc3c12. The quantitative estimate of drug-likeness (QED) is 0.141. The van der Waals surface area contributed by atoms with Gasteiger partial charge in [-0.25, -0.2) is 8.78 Å². The lowest BCUT2D eigenvalue weighted by molar-refractivity contribution is 0.421. The molecule has 0 radical (unpaired) electrons. The van der Waals surface area contributed by atoms with Crippen molar-refractivity contribution in [2.75, 3.05) is 7.11 Å². The van der Waals surface area contributed by atoms with Crippen molar-refractivity contribution in [1.29, 1.82) is 0 Å². The van der Waals surface area contributed by atoms with Crippen molar-refractivity contribution >= 4 is 117 Å². The van der Waals surface area contributed by atoms with Crippen LogP contribution in [-0.4, -0.2) is 15.4 Å². The molecule has 0 aliphatic heterocycles. The van der Waals surface area contributed by atoms with Crippen molar-refractivity contribution in [1.82, 2.24) is 0 Å². The summed E-state index contributed by atoms with van der Waals surface area (Å²) in [4.78, 5) is 0.